The Labute approximate surface area is 67.9 Å². The summed E-state index contributed by atoms with van der Waals surface area (Å²) < 4.78 is 5.68. The minimum atomic E-state index is -0.00801. The van der Waals surface area contributed by atoms with Crippen molar-refractivity contribution in [2.75, 3.05) is 0 Å². The fourth-order valence-corrected chi connectivity index (χ4v) is 1.60. The first-order valence-corrected chi connectivity index (χ1v) is 4.25. The number of carbonyl (C=O) groups excluding carboxylic acids is 1. The van der Waals surface area contributed by atoms with E-state index in [1.807, 2.05) is 0 Å². The molecule has 0 bridgehead atoms. The summed E-state index contributed by atoms with van der Waals surface area (Å²) in [6.45, 7) is 4.17. The predicted octanol–water partition coefficient (Wildman–Crippen LogP) is 1.92. The highest BCUT2D eigenvalue weighted by Gasteiger charge is 2.27. The minimum absolute atomic E-state index is 0.00801. The summed E-state index contributed by atoms with van der Waals surface area (Å²) in [6, 6.07) is 0. The van der Waals surface area contributed by atoms with Crippen LogP contribution in [0.3, 0.4) is 0 Å². The van der Waals surface area contributed by atoms with Crippen LogP contribution in [0.5, 0.6) is 0 Å². The van der Waals surface area contributed by atoms with Crippen LogP contribution in [0, 0.1) is 0 Å². The number of aldehydes is 1. The first kappa shape index (κ1) is 8.72. The number of ether oxygens (including phenoxy) is 1. The Morgan fingerprint density at radius 1 is 1.64 bits per heavy atom. The molecule has 0 aromatic heterocycles. The van der Waals surface area contributed by atoms with Crippen molar-refractivity contribution in [2.24, 2.45) is 0 Å². The molecule has 1 fully saturated rings. The van der Waals surface area contributed by atoms with Crippen LogP contribution in [0.1, 0.15) is 39.5 Å². The van der Waals surface area contributed by atoms with Gasteiger partial charge in [-0.1, -0.05) is 0 Å². The van der Waals surface area contributed by atoms with Gasteiger partial charge in [0, 0.05) is 6.42 Å². The highest BCUT2D eigenvalue weighted by molar-refractivity contribution is 5.50. The number of rotatable bonds is 2. The molecule has 64 valence electrons. The monoisotopic (exact) mass is 156 g/mol. The maximum atomic E-state index is 10.2. The third kappa shape index (κ3) is 2.62. The van der Waals surface area contributed by atoms with Crippen LogP contribution in [-0.2, 0) is 9.53 Å². The van der Waals surface area contributed by atoms with E-state index < -0.39 is 0 Å². The van der Waals surface area contributed by atoms with Gasteiger partial charge in [0.15, 0.2) is 0 Å². The molecule has 0 amide bonds. The zero-order valence-electron chi connectivity index (χ0n) is 7.30. The van der Waals surface area contributed by atoms with E-state index in [1.165, 1.54) is 6.42 Å². The van der Waals surface area contributed by atoms with E-state index in [4.69, 9.17) is 4.74 Å². The van der Waals surface area contributed by atoms with Crippen LogP contribution in [-0.4, -0.2) is 18.0 Å². The molecule has 11 heavy (non-hydrogen) atoms. The molecule has 0 radical (unpaired) electrons. The lowest BCUT2D eigenvalue weighted by Gasteiger charge is -2.35. The van der Waals surface area contributed by atoms with Crippen molar-refractivity contribution in [2.45, 2.75) is 51.2 Å². The van der Waals surface area contributed by atoms with Crippen LogP contribution in [0.25, 0.3) is 0 Å². The number of hydrogen-bond acceptors (Lipinski definition) is 2. The maximum Gasteiger partial charge on any atom is 0.122 e. The van der Waals surface area contributed by atoms with E-state index in [2.05, 4.69) is 13.8 Å². The second-order valence-electron chi connectivity index (χ2n) is 3.79. The van der Waals surface area contributed by atoms with Gasteiger partial charge in [0.25, 0.3) is 0 Å². The summed E-state index contributed by atoms with van der Waals surface area (Å²) in [5.74, 6) is 0. The summed E-state index contributed by atoms with van der Waals surface area (Å²) in [6.07, 6.45) is 5.03. The SMILES string of the molecule is CC1(C)CCC[C@@H](CC=O)O1. The molecule has 1 heterocycles. The maximum absolute atomic E-state index is 10.2. The highest BCUT2D eigenvalue weighted by Crippen LogP contribution is 2.28. The fourth-order valence-electron chi connectivity index (χ4n) is 1.60. The van der Waals surface area contributed by atoms with E-state index in [1.54, 1.807) is 0 Å². The Balaban J connectivity index is 2.39. The van der Waals surface area contributed by atoms with Gasteiger partial charge in [0.05, 0.1) is 11.7 Å². The average molecular weight is 156 g/mol. The second kappa shape index (κ2) is 3.35. The molecule has 1 aliphatic rings. The third-order valence-corrected chi connectivity index (χ3v) is 2.15. The summed E-state index contributed by atoms with van der Waals surface area (Å²) in [5.41, 5.74) is -0.00801. The van der Waals surface area contributed by atoms with E-state index in [9.17, 15) is 4.79 Å². The van der Waals surface area contributed by atoms with E-state index >= 15 is 0 Å². The van der Waals surface area contributed by atoms with Crippen LogP contribution in [0.2, 0.25) is 0 Å². The number of carbonyl (C=O) groups is 1. The van der Waals surface area contributed by atoms with Gasteiger partial charge in [-0.05, 0) is 33.1 Å². The van der Waals surface area contributed by atoms with Gasteiger partial charge in [-0.2, -0.15) is 0 Å². The van der Waals surface area contributed by atoms with Crippen molar-refractivity contribution in [3.63, 3.8) is 0 Å². The molecule has 0 spiro atoms. The summed E-state index contributed by atoms with van der Waals surface area (Å²) in [7, 11) is 0. The van der Waals surface area contributed by atoms with Crippen LogP contribution < -0.4 is 0 Å². The minimum Gasteiger partial charge on any atom is -0.372 e. The van der Waals surface area contributed by atoms with Crippen molar-refractivity contribution in [1.82, 2.24) is 0 Å². The van der Waals surface area contributed by atoms with Crippen molar-refractivity contribution in [3.8, 4) is 0 Å². The molecular weight excluding hydrogens is 140 g/mol. The Hall–Kier alpha value is -0.370. The standard InChI is InChI=1S/C9H16O2/c1-9(2)6-3-4-8(11-9)5-7-10/h7-8H,3-6H2,1-2H3/t8-/m0/s1. The van der Waals surface area contributed by atoms with Gasteiger partial charge < -0.3 is 9.53 Å². The molecule has 1 atom stereocenters. The van der Waals surface area contributed by atoms with Crippen LogP contribution in [0.4, 0.5) is 0 Å². The molecule has 1 saturated heterocycles. The quantitative estimate of drug-likeness (QED) is 0.571. The predicted molar refractivity (Wildman–Crippen MR) is 43.5 cm³/mol. The summed E-state index contributed by atoms with van der Waals surface area (Å²) in [5, 5.41) is 0. The van der Waals surface area contributed by atoms with E-state index in [0.717, 1.165) is 19.1 Å². The summed E-state index contributed by atoms with van der Waals surface area (Å²) in [4.78, 5) is 10.2. The Kier molecular flexibility index (Phi) is 2.66. The smallest absolute Gasteiger partial charge is 0.122 e. The molecule has 0 aromatic rings. The zero-order valence-corrected chi connectivity index (χ0v) is 7.30. The number of hydrogen-bond donors (Lipinski definition) is 0. The lowest BCUT2D eigenvalue weighted by Crippen LogP contribution is -2.35. The molecule has 0 aliphatic carbocycles. The van der Waals surface area contributed by atoms with Crippen molar-refractivity contribution in [3.05, 3.63) is 0 Å². The van der Waals surface area contributed by atoms with E-state index in [-0.39, 0.29) is 11.7 Å². The molecule has 2 heteroatoms. The molecule has 0 unspecified atom stereocenters. The molecular formula is C9H16O2. The van der Waals surface area contributed by atoms with Gasteiger partial charge in [-0.15, -0.1) is 0 Å². The molecule has 1 aliphatic heterocycles. The average Bonchev–Trinajstić information content (AvgIpc) is 1.85. The van der Waals surface area contributed by atoms with Crippen molar-refractivity contribution < 1.29 is 9.53 Å². The second-order valence-corrected chi connectivity index (χ2v) is 3.79. The Morgan fingerprint density at radius 2 is 2.36 bits per heavy atom. The van der Waals surface area contributed by atoms with Crippen molar-refractivity contribution in [1.29, 1.82) is 0 Å². The molecule has 0 N–H and O–H groups in total. The Bertz CT molecular complexity index is 140. The van der Waals surface area contributed by atoms with Gasteiger partial charge in [-0.25, -0.2) is 0 Å². The van der Waals surface area contributed by atoms with Crippen LogP contribution >= 0.6 is 0 Å². The molecule has 0 aromatic carbocycles. The normalized spacial score (nSPS) is 29.8. The third-order valence-electron chi connectivity index (χ3n) is 2.15. The zero-order chi connectivity index (χ0) is 8.32. The lowest BCUT2D eigenvalue weighted by molar-refractivity contribution is -0.124. The van der Waals surface area contributed by atoms with E-state index in [0.29, 0.717) is 6.42 Å². The van der Waals surface area contributed by atoms with Crippen molar-refractivity contribution >= 4 is 6.29 Å². The summed E-state index contributed by atoms with van der Waals surface area (Å²) >= 11 is 0. The fraction of sp³-hybridized carbons (Fsp3) is 0.889. The van der Waals surface area contributed by atoms with Gasteiger partial charge >= 0.3 is 0 Å². The van der Waals surface area contributed by atoms with Gasteiger partial charge in [0.2, 0.25) is 0 Å². The molecule has 0 saturated carbocycles. The first-order valence-electron chi connectivity index (χ1n) is 4.25. The highest BCUT2D eigenvalue weighted by atomic mass is 16.5. The topological polar surface area (TPSA) is 26.3 Å². The lowest BCUT2D eigenvalue weighted by atomic mass is 9.94. The molecule has 2 nitrogen and oxygen atoms in total. The first-order chi connectivity index (χ1) is 5.14. The van der Waals surface area contributed by atoms with Gasteiger partial charge in [-0.3, -0.25) is 0 Å². The van der Waals surface area contributed by atoms with Gasteiger partial charge in [0.1, 0.15) is 6.29 Å². The van der Waals surface area contributed by atoms with Crippen LogP contribution in [0.15, 0.2) is 0 Å². The largest absolute Gasteiger partial charge is 0.372 e. The molecule has 1 rings (SSSR count). The Morgan fingerprint density at radius 3 is 2.91 bits per heavy atom.